The molecule has 0 spiro atoms. The zero-order valence-corrected chi connectivity index (χ0v) is 15.3. The van der Waals surface area contributed by atoms with Gasteiger partial charge in [-0.05, 0) is 47.5 Å². The minimum atomic E-state index is -1.29. The second-order valence-electron chi connectivity index (χ2n) is 5.81. The third kappa shape index (κ3) is 5.65. The number of amidine groups is 1. The van der Waals surface area contributed by atoms with E-state index in [1.165, 1.54) is 18.3 Å². The van der Waals surface area contributed by atoms with Gasteiger partial charge in [0.1, 0.15) is 18.2 Å². The highest BCUT2D eigenvalue weighted by Gasteiger charge is 2.30. The van der Waals surface area contributed by atoms with Crippen LogP contribution in [0, 0.1) is 5.82 Å². The summed E-state index contributed by atoms with van der Waals surface area (Å²) in [4.78, 5) is 22.2. The second-order valence-corrected chi connectivity index (χ2v) is 7.00. The van der Waals surface area contributed by atoms with E-state index in [-0.39, 0.29) is 17.4 Å². The molecule has 28 heavy (non-hydrogen) atoms. The van der Waals surface area contributed by atoms with E-state index in [9.17, 15) is 19.1 Å². The summed E-state index contributed by atoms with van der Waals surface area (Å²) in [6, 6.07) is 13.2. The van der Waals surface area contributed by atoms with Gasteiger partial charge in [-0.25, -0.2) is 4.39 Å². The Labute approximate surface area is 164 Å². The van der Waals surface area contributed by atoms with E-state index < -0.39 is 17.1 Å². The molecule has 1 aliphatic rings. The number of rotatable bonds is 7. The molecule has 1 fully saturated rings. The number of ether oxygens (including phenoxy) is 1. The number of hydrogen-bond donors (Lipinski definition) is 1. The van der Waals surface area contributed by atoms with Crippen LogP contribution in [0.15, 0.2) is 58.7 Å². The molecule has 0 radical (unpaired) electrons. The van der Waals surface area contributed by atoms with Gasteiger partial charge in [0.15, 0.2) is 5.17 Å². The molecule has 1 saturated heterocycles. The molecule has 0 aliphatic carbocycles. The molecule has 1 amide bonds. The third-order valence-corrected chi connectivity index (χ3v) is 4.75. The van der Waals surface area contributed by atoms with E-state index in [4.69, 9.17) is 4.74 Å². The number of nitrogens with one attached hydrogen (secondary N) is 1. The number of carbonyl (C=O) groups is 2. The number of thioether (sulfide) groups is 1. The first kappa shape index (κ1) is 19.6. The van der Waals surface area contributed by atoms with Crippen LogP contribution in [0.25, 0.3) is 0 Å². The summed E-state index contributed by atoms with van der Waals surface area (Å²) in [5, 5.41) is 20.3. The predicted molar refractivity (Wildman–Crippen MR) is 101 cm³/mol. The molecule has 9 heteroatoms. The van der Waals surface area contributed by atoms with Crippen molar-refractivity contribution in [3.05, 3.63) is 65.5 Å². The van der Waals surface area contributed by atoms with Crippen molar-refractivity contribution < 1.29 is 23.8 Å². The normalized spacial score (nSPS) is 17.8. The van der Waals surface area contributed by atoms with Crippen LogP contribution >= 0.6 is 11.8 Å². The molecule has 2 aromatic carbocycles. The van der Waals surface area contributed by atoms with E-state index >= 15 is 0 Å². The van der Waals surface area contributed by atoms with Gasteiger partial charge in [-0.3, -0.25) is 4.79 Å². The fourth-order valence-corrected chi connectivity index (χ4v) is 3.19. The van der Waals surface area contributed by atoms with Gasteiger partial charge in [0.05, 0.1) is 11.5 Å². The molecule has 1 aliphatic heterocycles. The number of aliphatic carboxylic acids is 1. The van der Waals surface area contributed by atoms with Gasteiger partial charge in [0.2, 0.25) is 5.91 Å². The Morgan fingerprint density at radius 2 is 1.93 bits per heavy atom. The topological polar surface area (TPSA) is 103 Å². The lowest BCUT2D eigenvalue weighted by Gasteiger charge is -2.06. The van der Waals surface area contributed by atoms with Crippen LogP contribution in [-0.4, -0.2) is 28.5 Å². The fourth-order valence-electron chi connectivity index (χ4n) is 2.28. The van der Waals surface area contributed by atoms with Gasteiger partial charge in [-0.2, -0.15) is 5.10 Å². The molecule has 0 unspecified atom stereocenters. The molecule has 3 rings (SSSR count). The molecule has 144 valence electrons. The van der Waals surface area contributed by atoms with Gasteiger partial charge in [0, 0.05) is 12.4 Å². The first-order valence-electron chi connectivity index (χ1n) is 8.25. The van der Waals surface area contributed by atoms with Crippen molar-refractivity contribution in [2.45, 2.75) is 18.3 Å². The van der Waals surface area contributed by atoms with Crippen LogP contribution in [0.4, 0.5) is 4.39 Å². The molecule has 1 N–H and O–H groups in total. The largest absolute Gasteiger partial charge is 0.550 e. The number of hydrogen-bond acceptors (Lipinski definition) is 7. The van der Waals surface area contributed by atoms with E-state index in [0.29, 0.717) is 12.4 Å². The van der Waals surface area contributed by atoms with Gasteiger partial charge >= 0.3 is 0 Å². The van der Waals surface area contributed by atoms with Crippen LogP contribution in [-0.2, 0) is 16.2 Å². The van der Waals surface area contributed by atoms with Crippen molar-refractivity contribution in [3.8, 4) is 5.75 Å². The molecule has 1 atom stereocenters. The summed E-state index contributed by atoms with van der Waals surface area (Å²) in [5.74, 6) is -1.36. The molecule has 1 heterocycles. The standard InChI is InChI=1S/C19H16FN3O4S/c20-14-5-1-13(2-6-14)11-27-15-7-3-12(4-8-15)10-21-23-19-22-18(26)16(28-19)9-17(24)25/h1-8,10,16H,9,11H2,(H,24,25)(H,22,23,26)/p-1/b21-10-/t16-/m1/s1. The maximum atomic E-state index is 12.9. The van der Waals surface area contributed by atoms with Crippen molar-refractivity contribution in [1.82, 2.24) is 5.32 Å². The van der Waals surface area contributed by atoms with Gasteiger partial charge < -0.3 is 20.0 Å². The highest BCUT2D eigenvalue weighted by Crippen LogP contribution is 2.22. The van der Waals surface area contributed by atoms with Crippen LogP contribution in [0.5, 0.6) is 5.75 Å². The van der Waals surface area contributed by atoms with Gasteiger partial charge in [0.25, 0.3) is 0 Å². The number of carboxylic acids is 1. The molecule has 2 aromatic rings. The number of carbonyl (C=O) groups excluding carboxylic acids is 2. The summed E-state index contributed by atoms with van der Waals surface area (Å²) in [7, 11) is 0. The van der Waals surface area contributed by atoms with Crippen molar-refractivity contribution in [2.75, 3.05) is 0 Å². The average Bonchev–Trinajstić information content (AvgIpc) is 3.01. The molecule has 0 saturated carbocycles. The summed E-state index contributed by atoms with van der Waals surface area (Å²) >= 11 is 1.00. The highest BCUT2D eigenvalue weighted by molar-refractivity contribution is 8.15. The SMILES string of the molecule is O=C([O-])C[C@H]1S/C(=N\N=C/c2ccc(OCc3ccc(F)cc3)cc2)NC1=O. The lowest BCUT2D eigenvalue weighted by atomic mass is 10.2. The Morgan fingerprint density at radius 1 is 1.21 bits per heavy atom. The van der Waals surface area contributed by atoms with E-state index in [1.807, 2.05) is 0 Å². The van der Waals surface area contributed by atoms with Crippen LogP contribution in [0.2, 0.25) is 0 Å². The summed E-state index contributed by atoms with van der Waals surface area (Å²) in [6.45, 7) is 0.325. The molecular weight excluding hydrogens is 385 g/mol. The maximum Gasteiger partial charge on any atom is 0.239 e. The lowest BCUT2D eigenvalue weighted by Crippen LogP contribution is -2.31. The Balaban J connectivity index is 1.52. The Bertz CT molecular complexity index is 914. The lowest BCUT2D eigenvalue weighted by molar-refractivity contribution is -0.305. The van der Waals surface area contributed by atoms with Crippen LogP contribution in [0.3, 0.4) is 0 Å². The minimum absolute atomic E-state index is 0.242. The first-order chi connectivity index (χ1) is 13.5. The van der Waals surface area contributed by atoms with Gasteiger partial charge in [-0.15, -0.1) is 5.10 Å². The van der Waals surface area contributed by atoms with Crippen LogP contribution < -0.4 is 15.2 Å². The predicted octanol–water partition coefficient (Wildman–Crippen LogP) is 1.47. The summed E-state index contributed by atoms with van der Waals surface area (Å²) in [6.07, 6.45) is 1.12. The zero-order chi connectivity index (χ0) is 19.9. The smallest absolute Gasteiger partial charge is 0.239 e. The van der Waals surface area contributed by atoms with Crippen LogP contribution in [0.1, 0.15) is 17.5 Å². The zero-order valence-electron chi connectivity index (χ0n) is 14.5. The number of nitrogens with zero attached hydrogens (tertiary/aromatic N) is 2. The van der Waals surface area contributed by atoms with E-state index in [1.54, 1.807) is 36.4 Å². The van der Waals surface area contributed by atoms with E-state index in [2.05, 4.69) is 15.5 Å². The van der Waals surface area contributed by atoms with E-state index in [0.717, 1.165) is 22.9 Å². The number of amides is 1. The second kappa shape index (κ2) is 9.14. The Morgan fingerprint density at radius 3 is 2.61 bits per heavy atom. The monoisotopic (exact) mass is 400 g/mol. The average molecular weight is 400 g/mol. The number of carboxylic acid groups (broad SMARTS) is 1. The quantitative estimate of drug-likeness (QED) is 0.560. The van der Waals surface area contributed by atoms with Crippen molar-refractivity contribution in [2.24, 2.45) is 10.2 Å². The Hall–Kier alpha value is -3.20. The highest BCUT2D eigenvalue weighted by atomic mass is 32.2. The first-order valence-corrected chi connectivity index (χ1v) is 9.13. The maximum absolute atomic E-state index is 12.9. The number of halogens is 1. The molecule has 0 bridgehead atoms. The Kier molecular flexibility index (Phi) is 6.38. The summed E-state index contributed by atoms with van der Waals surface area (Å²) in [5.41, 5.74) is 1.62. The molecule has 7 nitrogen and oxygen atoms in total. The van der Waals surface area contributed by atoms with Crippen molar-refractivity contribution >= 4 is 35.0 Å². The summed E-state index contributed by atoms with van der Waals surface area (Å²) < 4.78 is 18.5. The van der Waals surface area contributed by atoms with Crippen molar-refractivity contribution in [3.63, 3.8) is 0 Å². The number of benzene rings is 2. The van der Waals surface area contributed by atoms with Crippen molar-refractivity contribution in [1.29, 1.82) is 0 Å². The molecule has 0 aromatic heterocycles. The fraction of sp³-hybridized carbons (Fsp3) is 0.158. The third-order valence-electron chi connectivity index (χ3n) is 3.68. The van der Waals surface area contributed by atoms with Gasteiger partial charge in [-0.1, -0.05) is 23.9 Å². The minimum Gasteiger partial charge on any atom is -0.550 e. The molecular formula is C19H15FN3O4S-.